The molecule has 1 aliphatic heterocycles. The van der Waals surface area contributed by atoms with Crippen LogP contribution in [0.3, 0.4) is 0 Å². The summed E-state index contributed by atoms with van der Waals surface area (Å²) in [6.45, 7) is 1.59. The summed E-state index contributed by atoms with van der Waals surface area (Å²) in [5.41, 5.74) is 1.67. The maximum Gasteiger partial charge on any atom is 0.274 e. The van der Waals surface area contributed by atoms with Crippen LogP contribution >= 0.6 is 11.6 Å². The smallest absolute Gasteiger partial charge is 0.274 e. The van der Waals surface area contributed by atoms with Crippen molar-refractivity contribution < 1.29 is 18.8 Å². The molecule has 2 amide bonds. The fraction of sp³-hybridized carbons (Fsp3) is 0.320. The summed E-state index contributed by atoms with van der Waals surface area (Å²) in [5, 5.41) is 13.5. The van der Waals surface area contributed by atoms with Crippen LogP contribution in [0.5, 0.6) is 0 Å². The van der Waals surface area contributed by atoms with Gasteiger partial charge in [0.2, 0.25) is 5.91 Å². The van der Waals surface area contributed by atoms with Gasteiger partial charge in [-0.15, -0.1) is 5.10 Å². The number of nitrogens with one attached hydrogen (secondary N) is 2. The lowest BCUT2D eigenvalue weighted by Crippen LogP contribution is -2.42. The van der Waals surface area contributed by atoms with Gasteiger partial charge in [-0.05, 0) is 43.5 Å². The summed E-state index contributed by atoms with van der Waals surface area (Å²) < 4.78 is 15.7. The van der Waals surface area contributed by atoms with Gasteiger partial charge in [0.1, 0.15) is 5.69 Å². The van der Waals surface area contributed by atoms with Crippen molar-refractivity contribution in [1.82, 2.24) is 20.3 Å². The summed E-state index contributed by atoms with van der Waals surface area (Å²) in [7, 11) is 0. The standard InChI is InChI=1S/C25H25ClFN5O3/c1-15-24(30-31-32(15)20-12-7-9-17(26)23(20)27)25(35)29-19-11-3-2-4-13-22(34)28-18-10-6-5-8-16(18)14-21(19)33/h5-10,12,19H,2-4,11,13-14H2,1H3,(H,28,34)(H,29,35)/t19-/m0/s1. The number of hydrogen-bond acceptors (Lipinski definition) is 5. The Morgan fingerprint density at radius 2 is 1.94 bits per heavy atom. The molecule has 35 heavy (non-hydrogen) atoms. The van der Waals surface area contributed by atoms with Gasteiger partial charge in [0, 0.05) is 18.5 Å². The number of aromatic nitrogens is 3. The number of anilines is 1. The molecule has 10 heteroatoms. The molecule has 182 valence electrons. The number of rotatable bonds is 3. The number of hydrogen-bond donors (Lipinski definition) is 2. The lowest BCUT2D eigenvalue weighted by molar-refractivity contribution is -0.120. The van der Waals surface area contributed by atoms with Crippen molar-refractivity contribution in [3.63, 3.8) is 0 Å². The quantitative estimate of drug-likeness (QED) is 0.564. The first-order valence-corrected chi connectivity index (χ1v) is 11.8. The number of Topliss-reactive ketones (excluding diaryl/α,β-unsaturated/α-hetero) is 1. The molecular formula is C25H25ClFN5O3. The van der Waals surface area contributed by atoms with Crippen LogP contribution in [0.15, 0.2) is 42.5 Å². The highest BCUT2D eigenvalue weighted by molar-refractivity contribution is 6.30. The van der Waals surface area contributed by atoms with E-state index in [1.807, 2.05) is 0 Å². The van der Waals surface area contributed by atoms with Gasteiger partial charge in [-0.3, -0.25) is 14.4 Å². The zero-order chi connectivity index (χ0) is 24.9. The minimum atomic E-state index is -0.738. The van der Waals surface area contributed by atoms with Crippen molar-refractivity contribution in [2.75, 3.05) is 5.32 Å². The van der Waals surface area contributed by atoms with E-state index in [-0.39, 0.29) is 34.5 Å². The molecule has 0 spiro atoms. The number of para-hydroxylation sites is 1. The van der Waals surface area contributed by atoms with Crippen LogP contribution in [-0.2, 0) is 16.0 Å². The number of halogens is 2. The fourth-order valence-corrected chi connectivity index (χ4v) is 4.26. The predicted molar refractivity (Wildman–Crippen MR) is 129 cm³/mol. The van der Waals surface area contributed by atoms with Crippen LogP contribution in [0.2, 0.25) is 5.02 Å². The van der Waals surface area contributed by atoms with Gasteiger partial charge in [0.25, 0.3) is 5.91 Å². The van der Waals surface area contributed by atoms with Crippen molar-refractivity contribution in [2.45, 2.75) is 51.5 Å². The summed E-state index contributed by atoms with van der Waals surface area (Å²) in [6, 6.07) is 10.9. The second-order valence-corrected chi connectivity index (χ2v) is 8.89. The average molecular weight is 498 g/mol. The van der Waals surface area contributed by atoms with Crippen LogP contribution in [0.1, 0.15) is 53.8 Å². The van der Waals surface area contributed by atoms with Crippen molar-refractivity contribution in [1.29, 1.82) is 0 Å². The van der Waals surface area contributed by atoms with E-state index in [4.69, 9.17) is 11.6 Å². The predicted octanol–water partition coefficient (Wildman–Crippen LogP) is 4.18. The Morgan fingerprint density at radius 3 is 2.77 bits per heavy atom. The Hall–Kier alpha value is -3.59. The normalized spacial score (nSPS) is 17.1. The third-order valence-electron chi connectivity index (χ3n) is 6.02. The summed E-state index contributed by atoms with van der Waals surface area (Å²) in [6.07, 6.45) is 2.98. The van der Waals surface area contributed by atoms with E-state index in [1.54, 1.807) is 37.3 Å². The number of benzene rings is 2. The van der Waals surface area contributed by atoms with E-state index in [0.29, 0.717) is 42.6 Å². The van der Waals surface area contributed by atoms with Crippen LogP contribution < -0.4 is 10.6 Å². The first-order valence-electron chi connectivity index (χ1n) is 11.4. The molecular weight excluding hydrogens is 473 g/mol. The molecule has 0 fully saturated rings. The van der Waals surface area contributed by atoms with Crippen molar-refractivity contribution >= 4 is 34.9 Å². The van der Waals surface area contributed by atoms with Crippen LogP contribution in [0.4, 0.5) is 10.1 Å². The molecule has 4 rings (SSSR count). The van der Waals surface area contributed by atoms with E-state index in [2.05, 4.69) is 20.9 Å². The van der Waals surface area contributed by atoms with Crippen molar-refractivity contribution in [3.8, 4) is 5.69 Å². The fourth-order valence-electron chi connectivity index (χ4n) is 4.09. The second-order valence-electron chi connectivity index (χ2n) is 8.48. The molecule has 0 bridgehead atoms. The Labute approximate surface area is 206 Å². The minimum absolute atomic E-state index is 0.00375. The van der Waals surface area contributed by atoms with Gasteiger partial charge < -0.3 is 10.6 Å². The first kappa shape index (κ1) is 24.5. The van der Waals surface area contributed by atoms with Crippen molar-refractivity contribution in [3.05, 3.63) is 70.3 Å². The Kier molecular flexibility index (Phi) is 7.55. The Morgan fingerprint density at radius 1 is 1.14 bits per heavy atom. The maximum atomic E-state index is 14.5. The topological polar surface area (TPSA) is 106 Å². The first-order chi connectivity index (χ1) is 16.8. The molecule has 8 nitrogen and oxygen atoms in total. The van der Waals surface area contributed by atoms with E-state index in [9.17, 15) is 18.8 Å². The number of amides is 2. The molecule has 1 atom stereocenters. The highest BCUT2D eigenvalue weighted by atomic mass is 35.5. The monoisotopic (exact) mass is 497 g/mol. The van der Waals surface area contributed by atoms with E-state index >= 15 is 0 Å². The SMILES string of the molecule is Cc1c(C(=O)N[C@H]2CCCCCC(=O)Nc3ccccc3CC2=O)nnn1-c1cccc(Cl)c1F. The van der Waals surface area contributed by atoms with Crippen LogP contribution in [0.25, 0.3) is 5.69 Å². The van der Waals surface area contributed by atoms with E-state index in [1.165, 1.54) is 16.8 Å². The molecule has 2 aromatic carbocycles. The second kappa shape index (κ2) is 10.8. The van der Waals surface area contributed by atoms with Crippen LogP contribution in [0, 0.1) is 12.7 Å². The van der Waals surface area contributed by atoms with Gasteiger partial charge >= 0.3 is 0 Å². The molecule has 0 aliphatic carbocycles. The molecule has 0 unspecified atom stereocenters. The molecule has 0 saturated heterocycles. The minimum Gasteiger partial charge on any atom is -0.341 e. The largest absolute Gasteiger partial charge is 0.341 e. The summed E-state index contributed by atoms with van der Waals surface area (Å²) in [4.78, 5) is 38.5. The molecule has 1 aromatic heterocycles. The number of fused-ring (bicyclic) bond motifs is 1. The van der Waals surface area contributed by atoms with Gasteiger partial charge in [-0.2, -0.15) is 0 Å². The lowest BCUT2D eigenvalue weighted by Gasteiger charge is -2.19. The number of carbonyl (C=O) groups is 3. The van der Waals surface area contributed by atoms with Gasteiger partial charge in [0.15, 0.2) is 17.3 Å². The average Bonchev–Trinajstić information content (AvgIpc) is 3.21. The molecule has 2 heterocycles. The van der Waals surface area contributed by atoms with Crippen molar-refractivity contribution in [2.24, 2.45) is 0 Å². The van der Waals surface area contributed by atoms with Gasteiger partial charge in [0.05, 0.1) is 16.8 Å². The van der Waals surface area contributed by atoms with Crippen LogP contribution in [-0.4, -0.2) is 38.6 Å². The van der Waals surface area contributed by atoms with Gasteiger partial charge in [-0.1, -0.05) is 53.9 Å². The molecule has 0 saturated carbocycles. The van der Waals surface area contributed by atoms with E-state index < -0.39 is 17.8 Å². The molecule has 1 aliphatic rings. The molecule has 0 radical (unpaired) electrons. The number of carbonyl (C=O) groups excluding carboxylic acids is 3. The summed E-state index contributed by atoms with van der Waals surface area (Å²) >= 11 is 5.87. The van der Waals surface area contributed by atoms with E-state index in [0.717, 1.165) is 6.42 Å². The third-order valence-corrected chi connectivity index (χ3v) is 6.31. The third kappa shape index (κ3) is 5.57. The zero-order valence-corrected chi connectivity index (χ0v) is 19.9. The lowest BCUT2D eigenvalue weighted by atomic mass is 9.96. The highest BCUT2D eigenvalue weighted by Crippen LogP contribution is 2.23. The Balaban J connectivity index is 1.56. The Bertz CT molecular complexity index is 1280. The molecule has 2 N–H and O–H groups in total. The number of nitrogens with zero attached hydrogens (tertiary/aromatic N) is 3. The summed E-state index contributed by atoms with van der Waals surface area (Å²) in [5.74, 6) is -1.49. The van der Waals surface area contributed by atoms with Gasteiger partial charge in [-0.25, -0.2) is 9.07 Å². The maximum absolute atomic E-state index is 14.5. The molecule has 3 aromatic rings. The zero-order valence-electron chi connectivity index (χ0n) is 19.2. The number of ketones is 1. The highest BCUT2D eigenvalue weighted by Gasteiger charge is 2.26.